The predicted octanol–water partition coefficient (Wildman–Crippen LogP) is 1.99. The van der Waals surface area contributed by atoms with E-state index in [4.69, 9.17) is 0 Å². The van der Waals surface area contributed by atoms with Crippen molar-refractivity contribution in [2.75, 3.05) is 0 Å². The van der Waals surface area contributed by atoms with Crippen molar-refractivity contribution in [3.05, 3.63) is 29.2 Å². The summed E-state index contributed by atoms with van der Waals surface area (Å²) in [5.41, 5.74) is 3.54. The van der Waals surface area contributed by atoms with E-state index in [1.807, 2.05) is 19.9 Å². The third-order valence-corrected chi connectivity index (χ3v) is 2.17. The van der Waals surface area contributed by atoms with Crippen LogP contribution < -0.4 is 0 Å². The number of pyridine rings is 1. The van der Waals surface area contributed by atoms with Crippen molar-refractivity contribution in [3.63, 3.8) is 0 Å². The van der Waals surface area contributed by atoms with E-state index in [1.165, 1.54) is 0 Å². The summed E-state index contributed by atoms with van der Waals surface area (Å²) in [7, 11) is 0. The number of nitrogens with zero attached hydrogens (tertiary/aromatic N) is 1. The zero-order valence-corrected chi connectivity index (χ0v) is 7.59. The molecule has 1 N–H and O–H groups in total. The average molecular weight is 174 g/mol. The first kappa shape index (κ1) is 7.98. The third-order valence-electron chi connectivity index (χ3n) is 2.17. The first-order chi connectivity index (χ1) is 6.22. The minimum Gasteiger partial charge on any atom is -0.358 e. The van der Waals surface area contributed by atoms with E-state index in [1.54, 1.807) is 6.20 Å². The van der Waals surface area contributed by atoms with E-state index in [0.717, 1.165) is 28.6 Å². The molecule has 0 aliphatic heterocycles. The maximum atomic E-state index is 10.7. The number of carbonyl (C=O) groups is 1. The highest BCUT2D eigenvalue weighted by Gasteiger charge is 2.06. The maximum Gasteiger partial charge on any atom is 0.152 e. The number of H-pyrrole nitrogens is 1. The van der Waals surface area contributed by atoms with Crippen LogP contribution in [0.3, 0.4) is 0 Å². The predicted molar refractivity (Wildman–Crippen MR) is 51.0 cm³/mol. The number of carbonyl (C=O) groups excluding carboxylic acids is 1. The zero-order valence-electron chi connectivity index (χ0n) is 7.59. The van der Waals surface area contributed by atoms with E-state index in [0.29, 0.717) is 5.56 Å². The number of hydrogen-bond donors (Lipinski definition) is 1. The highest BCUT2D eigenvalue weighted by Crippen LogP contribution is 2.19. The van der Waals surface area contributed by atoms with Crippen molar-refractivity contribution >= 4 is 17.2 Å². The van der Waals surface area contributed by atoms with Crippen LogP contribution >= 0.6 is 0 Å². The van der Waals surface area contributed by atoms with Crippen LogP contribution in [0.25, 0.3) is 10.9 Å². The second-order valence-electron chi connectivity index (χ2n) is 3.15. The molecule has 0 radical (unpaired) electrons. The molecule has 13 heavy (non-hydrogen) atoms. The van der Waals surface area contributed by atoms with Crippen molar-refractivity contribution in [1.29, 1.82) is 0 Å². The molecule has 0 spiro atoms. The Bertz CT molecular complexity index is 471. The number of aromatic nitrogens is 2. The van der Waals surface area contributed by atoms with Gasteiger partial charge in [-0.3, -0.25) is 9.78 Å². The SMILES string of the molecule is Cc1cc2[nH]c(C)c(C=O)c2cn1. The van der Waals surface area contributed by atoms with Gasteiger partial charge in [0, 0.05) is 34.1 Å². The van der Waals surface area contributed by atoms with Crippen LogP contribution in [0.5, 0.6) is 0 Å². The molecule has 0 aromatic carbocycles. The second kappa shape index (κ2) is 2.69. The van der Waals surface area contributed by atoms with Crippen molar-refractivity contribution < 1.29 is 4.79 Å². The number of rotatable bonds is 1. The van der Waals surface area contributed by atoms with Gasteiger partial charge in [0.2, 0.25) is 0 Å². The lowest BCUT2D eigenvalue weighted by molar-refractivity contribution is 0.112. The Labute approximate surface area is 75.8 Å². The van der Waals surface area contributed by atoms with E-state index >= 15 is 0 Å². The van der Waals surface area contributed by atoms with Crippen molar-refractivity contribution in [2.45, 2.75) is 13.8 Å². The van der Waals surface area contributed by atoms with Gasteiger partial charge < -0.3 is 4.98 Å². The van der Waals surface area contributed by atoms with Crippen molar-refractivity contribution in [2.24, 2.45) is 0 Å². The van der Waals surface area contributed by atoms with Crippen molar-refractivity contribution in [1.82, 2.24) is 9.97 Å². The van der Waals surface area contributed by atoms with Gasteiger partial charge in [0.05, 0.1) is 0 Å². The molecule has 0 unspecified atom stereocenters. The number of hydrogen-bond acceptors (Lipinski definition) is 2. The van der Waals surface area contributed by atoms with Gasteiger partial charge in [0.1, 0.15) is 0 Å². The number of aldehydes is 1. The van der Waals surface area contributed by atoms with Crippen LogP contribution in [-0.2, 0) is 0 Å². The van der Waals surface area contributed by atoms with Gasteiger partial charge in [0.15, 0.2) is 6.29 Å². The number of nitrogens with one attached hydrogen (secondary N) is 1. The Morgan fingerprint density at radius 2 is 2.23 bits per heavy atom. The van der Waals surface area contributed by atoms with E-state index < -0.39 is 0 Å². The summed E-state index contributed by atoms with van der Waals surface area (Å²) in [4.78, 5) is 18.0. The molecule has 0 saturated carbocycles. The number of fused-ring (bicyclic) bond motifs is 1. The molecule has 66 valence electrons. The highest BCUT2D eigenvalue weighted by molar-refractivity contribution is 5.98. The Morgan fingerprint density at radius 3 is 2.92 bits per heavy atom. The monoisotopic (exact) mass is 174 g/mol. The van der Waals surface area contributed by atoms with E-state index in [9.17, 15) is 4.79 Å². The Kier molecular flexibility index (Phi) is 1.65. The first-order valence-corrected chi connectivity index (χ1v) is 4.12. The highest BCUT2D eigenvalue weighted by atomic mass is 16.1. The van der Waals surface area contributed by atoms with E-state index in [-0.39, 0.29) is 0 Å². The molecular weight excluding hydrogens is 164 g/mol. The molecule has 2 rings (SSSR count). The second-order valence-corrected chi connectivity index (χ2v) is 3.15. The summed E-state index contributed by atoms with van der Waals surface area (Å²) in [6.45, 7) is 3.81. The summed E-state index contributed by atoms with van der Waals surface area (Å²) in [5, 5.41) is 0.901. The molecule has 0 atom stereocenters. The quantitative estimate of drug-likeness (QED) is 0.672. The summed E-state index contributed by atoms with van der Waals surface area (Å²) in [6, 6.07) is 1.94. The van der Waals surface area contributed by atoms with Crippen molar-refractivity contribution in [3.8, 4) is 0 Å². The fourth-order valence-electron chi connectivity index (χ4n) is 1.50. The molecule has 0 aliphatic rings. The van der Waals surface area contributed by atoms with Gasteiger partial charge in [-0.1, -0.05) is 0 Å². The smallest absolute Gasteiger partial charge is 0.152 e. The average Bonchev–Trinajstić information content (AvgIpc) is 2.39. The molecule has 3 nitrogen and oxygen atoms in total. The molecule has 0 amide bonds. The van der Waals surface area contributed by atoms with Crippen LogP contribution in [0.2, 0.25) is 0 Å². The zero-order chi connectivity index (χ0) is 9.42. The van der Waals surface area contributed by atoms with Crippen LogP contribution in [0, 0.1) is 13.8 Å². The minimum absolute atomic E-state index is 0.711. The molecular formula is C10H10N2O. The summed E-state index contributed by atoms with van der Waals surface area (Å²) >= 11 is 0. The molecule has 2 aromatic rings. The van der Waals surface area contributed by atoms with E-state index in [2.05, 4.69) is 9.97 Å². The van der Waals surface area contributed by atoms with Gasteiger partial charge in [0.25, 0.3) is 0 Å². The normalized spacial score (nSPS) is 10.6. The maximum absolute atomic E-state index is 10.7. The fraction of sp³-hybridized carbons (Fsp3) is 0.200. The Balaban J connectivity index is 2.86. The molecule has 0 bridgehead atoms. The largest absolute Gasteiger partial charge is 0.358 e. The number of aromatic amines is 1. The first-order valence-electron chi connectivity index (χ1n) is 4.12. The summed E-state index contributed by atoms with van der Waals surface area (Å²) in [5.74, 6) is 0. The Hall–Kier alpha value is -1.64. The molecule has 2 heterocycles. The van der Waals surface area contributed by atoms with Gasteiger partial charge in [-0.05, 0) is 19.9 Å². The lowest BCUT2D eigenvalue weighted by atomic mass is 10.2. The van der Waals surface area contributed by atoms with Crippen LogP contribution in [0.4, 0.5) is 0 Å². The van der Waals surface area contributed by atoms with Gasteiger partial charge >= 0.3 is 0 Å². The Morgan fingerprint density at radius 1 is 1.46 bits per heavy atom. The molecule has 3 heteroatoms. The fourth-order valence-corrected chi connectivity index (χ4v) is 1.50. The summed E-state index contributed by atoms with van der Waals surface area (Å²) < 4.78 is 0. The van der Waals surface area contributed by atoms with Gasteiger partial charge in [-0.25, -0.2) is 0 Å². The number of aryl methyl sites for hydroxylation is 2. The standard InChI is InChI=1S/C10H10N2O/c1-6-3-10-8(4-11-6)9(5-13)7(2)12-10/h3-5,12H,1-2H3. The van der Waals surface area contributed by atoms with Crippen LogP contribution in [0.1, 0.15) is 21.7 Å². The topological polar surface area (TPSA) is 45.8 Å². The molecule has 0 saturated heterocycles. The lowest BCUT2D eigenvalue weighted by Gasteiger charge is -1.91. The molecule has 0 aliphatic carbocycles. The van der Waals surface area contributed by atoms with Crippen LogP contribution in [0.15, 0.2) is 12.3 Å². The third kappa shape index (κ3) is 1.13. The van der Waals surface area contributed by atoms with Gasteiger partial charge in [-0.15, -0.1) is 0 Å². The van der Waals surface area contributed by atoms with Crippen LogP contribution in [-0.4, -0.2) is 16.3 Å². The summed E-state index contributed by atoms with van der Waals surface area (Å²) in [6.07, 6.45) is 2.60. The van der Waals surface area contributed by atoms with Gasteiger partial charge in [-0.2, -0.15) is 0 Å². The molecule has 2 aromatic heterocycles. The minimum atomic E-state index is 0.711. The molecule has 0 fully saturated rings. The lowest BCUT2D eigenvalue weighted by Crippen LogP contribution is -1.82.